The number of nitrogens with two attached hydrogens (primary N) is 1. The molecule has 2 atom stereocenters. The van der Waals surface area contributed by atoms with Gasteiger partial charge in [0.2, 0.25) is 5.91 Å². The van der Waals surface area contributed by atoms with E-state index in [2.05, 4.69) is 10.1 Å². The molecular weight excluding hydrogens is 278 g/mol. The van der Waals surface area contributed by atoms with Crippen LogP contribution in [0.1, 0.15) is 32.1 Å². The number of rotatable bonds is 4. The summed E-state index contributed by atoms with van der Waals surface area (Å²) in [5, 5.41) is 2.79. The molecule has 4 nitrogen and oxygen atoms in total. The highest BCUT2D eigenvalue weighted by atomic mass is 19.3. The first-order valence-corrected chi connectivity index (χ1v) is 7.17. The molecule has 2 unspecified atom stereocenters. The van der Waals surface area contributed by atoms with Gasteiger partial charge in [0.25, 0.3) is 0 Å². The number of hydrogen-bond acceptors (Lipinski definition) is 3. The van der Waals surface area contributed by atoms with Crippen LogP contribution in [-0.4, -0.2) is 18.6 Å². The summed E-state index contributed by atoms with van der Waals surface area (Å²) >= 11 is 0. The first-order chi connectivity index (χ1) is 10.1. The van der Waals surface area contributed by atoms with E-state index in [9.17, 15) is 13.6 Å². The number of alkyl halides is 2. The first kappa shape index (κ1) is 15.7. The molecule has 0 heterocycles. The maximum absolute atomic E-state index is 12.3. The molecule has 1 amide bonds. The Morgan fingerprint density at radius 2 is 1.86 bits per heavy atom. The Morgan fingerprint density at radius 3 is 2.52 bits per heavy atom. The first-order valence-electron chi connectivity index (χ1n) is 7.17. The highest BCUT2D eigenvalue weighted by Gasteiger charge is 2.26. The van der Waals surface area contributed by atoms with E-state index in [1.54, 1.807) is 0 Å². The van der Waals surface area contributed by atoms with Crippen molar-refractivity contribution in [3.63, 3.8) is 0 Å². The summed E-state index contributed by atoms with van der Waals surface area (Å²) in [5.41, 5.74) is 6.60. The van der Waals surface area contributed by atoms with Gasteiger partial charge in [-0.05, 0) is 37.1 Å². The monoisotopic (exact) mass is 298 g/mol. The van der Waals surface area contributed by atoms with E-state index in [4.69, 9.17) is 5.73 Å². The fourth-order valence-corrected chi connectivity index (χ4v) is 2.62. The SMILES string of the molecule is NC1CCCCCC1C(=O)Nc1ccc(OC(F)F)cc1. The number of ether oxygens (including phenoxy) is 1. The molecule has 1 saturated carbocycles. The second-order valence-corrected chi connectivity index (χ2v) is 5.30. The van der Waals surface area contributed by atoms with Gasteiger partial charge >= 0.3 is 6.61 Å². The fraction of sp³-hybridized carbons (Fsp3) is 0.533. The zero-order valence-corrected chi connectivity index (χ0v) is 11.7. The Morgan fingerprint density at radius 1 is 1.19 bits per heavy atom. The van der Waals surface area contributed by atoms with Crippen molar-refractivity contribution >= 4 is 11.6 Å². The molecule has 1 fully saturated rings. The largest absolute Gasteiger partial charge is 0.435 e. The molecule has 6 heteroatoms. The summed E-state index contributed by atoms with van der Waals surface area (Å²) in [4.78, 5) is 12.3. The minimum Gasteiger partial charge on any atom is -0.435 e. The lowest BCUT2D eigenvalue weighted by molar-refractivity contribution is -0.120. The van der Waals surface area contributed by atoms with E-state index in [1.807, 2.05) is 0 Å². The average Bonchev–Trinajstić information content (AvgIpc) is 2.65. The highest BCUT2D eigenvalue weighted by molar-refractivity contribution is 5.93. The molecule has 0 radical (unpaired) electrons. The van der Waals surface area contributed by atoms with Gasteiger partial charge < -0.3 is 15.8 Å². The molecule has 1 aromatic carbocycles. The summed E-state index contributed by atoms with van der Waals surface area (Å²) in [5.74, 6) is -0.231. The van der Waals surface area contributed by atoms with E-state index >= 15 is 0 Å². The van der Waals surface area contributed by atoms with Crippen LogP contribution in [-0.2, 0) is 4.79 Å². The average molecular weight is 298 g/mol. The molecule has 0 aliphatic heterocycles. The second-order valence-electron chi connectivity index (χ2n) is 5.30. The van der Waals surface area contributed by atoms with E-state index < -0.39 is 6.61 Å². The van der Waals surface area contributed by atoms with Crippen LogP contribution in [0.2, 0.25) is 0 Å². The molecule has 1 aromatic rings. The summed E-state index contributed by atoms with van der Waals surface area (Å²) < 4.78 is 28.4. The topological polar surface area (TPSA) is 64.4 Å². The smallest absolute Gasteiger partial charge is 0.387 e. The van der Waals surface area contributed by atoms with Crippen LogP contribution in [0.5, 0.6) is 5.75 Å². The number of halogens is 2. The fourth-order valence-electron chi connectivity index (χ4n) is 2.62. The third-order valence-corrected chi connectivity index (χ3v) is 3.75. The molecule has 0 spiro atoms. The maximum atomic E-state index is 12.3. The Labute approximate surface area is 122 Å². The third-order valence-electron chi connectivity index (χ3n) is 3.75. The van der Waals surface area contributed by atoms with Crippen molar-refractivity contribution in [2.24, 2.45) is 11.7 Å². The quantitative estimate of drug-likeness (QED) is 0.839. The molecule has 0 aromatic heterocycles. The Kier molecular flexibility index (Phi) is 5.50. The van der Waals surface area contributed by atoms with E-state index in [-0.39, 0.29) is 23.6 Å². The number of carbonyl (C=O) groups is 1. The number of benzene rings is 1. The van der Waals surface area contributed by atoms with Gasteiger partial charge in [0, 0.05) is 11.7 Å². The van der Waals surface area contributed by atoms with E-state index in [1.165, 1.54) is 24.3 Å². The van der Waals surface area contributed by atoms with Gasteiger partial charge in [-0.25, -0.2) is 0 Å². The molecule has 1 aliphatic carbocycles. The van der Waals surface area contributed by atoms with Gasteiger partial charge in [0.15, 0.2) is 0 Å². The number of nitrogens with one attached hydrogen (secondary N) is 1. The minimum absolute atomic E-state index is 0.0640. The Hall–Kier alpha value is -1.69. The van der Waals surface area contributed by atoms with Crippen LogP contribution < -0.4 is 15.8 Å². The molecule has 2 rings (SSSR count). The molecule has 1 aliphatic rings. The molecule has 3 N–H and O–H groups in total. The van der Waals surface area contributed by atoms with Gasteiger partial charge in [-0.1, -0.05) is 19.3 Å². The molecule has 21 heavy (non-hydrogen) atoms. The van der Waals surface area contributed by atoms with E-state index in [0.29, 0.717) is 5.69 Å². The normalized spacial score (nSPS) is 22.7. The molecule has 0 bridgehead atoms. The maximum Gasteiger partial charge on any atom is 0.387 e. The lowest BCUT2D eigenvalue weighted by Gasteiger charge is -2.20. The van der Waals surface area contributed by atoms with Crippen molar-refractivity contribution in [2.75, 3.05) is 5.32 Å². The van der Waals surface area contributed by atoms with Crippen molar-refractivity contribution < 1.29 is 18.3 Å². The number of anilines is 1. The van der Waals surface area contributed by atoms with Gasteiger partial charge in [0.05, 0.1) is 5.92 Å². The van der Waals surface area contributed by atoms with Gasteiger partial charge in [0.1, 0.15) is 5.75 Å². The van der Waals surface area contributed by atoms with Crippen molar-refractivity contribution in [1.82, 2.24) is 0 Å². The predicted molar refractivity (Wildman–Crippen MR) is 76.3 cm³/mol. The van der Waals surface area contributed by atoms with Crippen LogP contribution in [0.15, 0.2) is 24.3 Å². The lowest BCUT2D eigenvalue weighted by Crippen LogP contribution is -2.37. The number of amides is 1. The van der Waals surface area contributed by atoms with Crippen molar-refractivity contribution in [2.45, 2.75) is 44.8 Å². The van der Waals surface area contributed by atoms with Crippen LogP contribution in [0.25, 0.3) is 0 Å². The van der Waals surface area contributed by atoms with Crippen molar-refractivity contribution in [1.29, 1.82) is 0 Å². The zero-order valence-electron chi connectivity index (χ0n) is 11.7. The standard InChI is InChI=1S/C15H20F2N2O2/c16-15(17)21-11-8-6-10(7-9-11)19-14(20)12-4-2-1-3-5-13(12)18/h6-9,12-13,15H,1-5,18H2,(H,19,20). The zero-order chi connectivity index (χ0) is 15.2. The van der Waals surface area contributed by atoms with Crippen molar-refractivity contribution in [3.8, 4) is 5.75 Å². The molecule has 0 saturated heterocycles. The number of hydrogen-bond donors (Lipinski definition) is 2. The van der Waals surface area contributed by atoms with Crippen LogP contribution >= 0.6 is 0 Å². The summed E-state index contributed by atoms with van der Waals surface area (Å²) in [7, 11) is 0. The Balaban J connectivity index is 1.95. The van der Waals surface area contributed by atoms with Crippen molar-refractivity contribution in [3.05, 3.63) is 24.3 Å². The summed E-state index contributed by atoms with van der Waals surface area (Å²) in [6.07, 6.45) is 4.83. The van der Waals surface area contributed by atoms with Crippen LogP contribution in [0.3, 0.4) is 0 Å². The molecular formula is C15H20F2N2O2. The lowest BCUT2D eigenvalue weighted by atomic mass is 9.94. The van der Waals surface area contributed by atoms with E-state index in [0.717, 1.165) is 32.1 Å². The van der Waals surface area contributed by atoms with Gasteiger partial charge in [-0.2, -0.15) is 8.78 Å². The summed E-state index contributed by atoms with van der Waals surface area (Å²) in [6.45, 7) is -2.85. The third kappa shape index (κ3) is 4.67. The Bertz CT molecular complexity index is 465. The van der Waals surface area contributed by atoms with Gasteiger partial charge in [-0.3, -0.25) is 4.79 Å². The van der Waals surface area contributed by atoms with Gasteiger partial charge in [-0.15, -0.1) is 0 Å². The molecule has 116 valence electrons. The summed E-state index contributed by atoms with van der Waals surface area (Å²) in [6, 6.07) is 5.76. The number of carbonyl (C=O) groups excluding carboxylic acids is 1. The predicted octanol–water partition coefficient (Wildman–Crippen LogP) is 3.13. The minimum atomic E-state index is -2.85. The van der Waals surface area contributed by atoms with Crippen LogP contribution in [0.4, 0.5) is 14.5 Å². The second kappa shape index (κ2) is 7.36. The van der Waals surface area contributed by atoms with Crippen LogP contribution in [0, 0.1) is 5.92 Å². The highest BCUT2D eigenvalue weighted by Crippen LogP contribution is 2.24.